The zero-order valence-corrected chi connectivity index (χ0v) is 9.39. The summed E-state index contributed by atoms with van der Waals surface area (Å²) in [6.45, 7) is 4.38. The van der Waals surface area contributed by atoms with E-state index in [1.807, 2.05) is 6.92 Å². The summed E-state index contributed by atoms with van der Waals surface area (Å²) >= 11 is 0. The maximum atomic E-state index is 5.85. The molecule has 1 aliphatic rings. The van der Waals surface area contributed by atoms with Crippen LogP contribution in [0.4, 0.5) is 0 Å². The van der Waals surface area contributed by atoms with Crippen LogP contribution in [0.2, 0.25) is 0 Å². The van der Waals surface area contributed by atoms with Crippen molar-refractivity contribution < 1.29 is 14.0 Å². The average molecular weight is 227 g/mol. The topological polar surface area (TPSA) is 83.4 Å². The number of aromatic nitrogens is 2. The Hall–Kier alpha value is -0.980. The molecule has 16 heavy (non-hydrogen) atoms. The molecule has 1 aromatic rings. The van der Waals surface area contributed by atoms with Crippen molar-refractivity contribution in [2.75, 3.05) is 26.4 Å². The SMILES string of the molecule is CCOCC(N)c1noc(C2CCOC2)n1. The predicted octanol–water partition coefficient (Wildman–Crippen LogP) is 0.610. The van der Waals surface area contributed by atoms with Crippen molar-refractivity contribution in [1.29, 1.82) is 0 Å². The molecule has 2 rings (SSSR count). The fourth-order valence-corrected chi connectivity index (χ4v) is 1.61. The summed E-state index contributed by atoms with van der Waals surface area (Å²) in [5, 5.41) is 3.87. The van der Waals surface area contributed by atoms with Crippen LogP contribution in [0.15, 0.2) is 4.52 Å². The molecule has 0 amide bonds. The fraction of sp³-hybridized carbons (Fsp3) is 0.800. The first kappa shape index (κ1) is 11.5. The van der Waals surface area contributed by atoms with Crippen LogP contribution in [-0.2, 0) is 9.47 Å². The molecule has 1 aromatic heterocycles. The van der Waals surface area contributed by atoms with Crippen molar-refractivity contribution in [3.8, 4) is 0 Å². The third-order valence-electron chi connectivity index (χ3n) is 2.57. The van der Waals surface area contributed by atoms with E-state index < -0.39 is 0 Å². The van der Waals surface area contributed by atoms with E-state index in [0.29, 0.717) is 31.5 Å². The summed E-state index contributed by atoms with van der Waals surface area (Å²) < 4.78 is 15.6. The van der Waals surface area contributed by atoms with Gasteiger partial charge < -0.3 is 19.7 Å². The van der Waals surface area contributed by atoms with Crippen molar-refractivity contribution in [3.63, 3.8) is 0 Å². The molecule has 6 nitrogen and oxygen atoms in total. The Balaban J connectivity index is 1.95. The quantitative estimate of drug-likeness (QED) is 0.793. The number of hydrogen-bond donors (Lipinski definition) is 1. The first-order chi connectivity index (χ1) is 7.81. The molecular weight excluding hydrogens is 210 g/mol. The Morgan fingerprint density at radius 1 is 1.62 bits per heavy atom. The van der Waals surface area contributed by atoms with Crippen molar-refractivity contribution in [2.24, 2.45) is 5.73 Å². The normalized spacial score (nSPS) is 22.5. The molecule has 1 aliphatic heterocycles. The van der Waals surface area contributed by atoms with Crippen molar-refractivity contribution in [3.05, 3.63) is 11.7 Å². The zero-order chi connectivity index (χ0) is 11.4. The molecule has 0 spiro atoms. The Morgan fingerprint density at radius 3 is 3.19 bits per heavy atom. The highest BCUT2D eigenvalue weighted by Gasteiger charge is 2.25. The lowest BCUT2D eigenvalue weighted by Crippen LogP contribution is -2.18. The smallest absolute Gasteiger partial charge is 0.232 e. The Kier molecular flexibility index (Phi) is 3.87. The summed E-state index contributed by atoms with van der Waals surface area (Å²) in [6.07, 6.45) is 0.933. The minimum Gasteiger partial charge on any atom is -0.381 e. The van der Waals surface area contributed by atoms with Gasteiger partial charge in [0.1, 0.15) is 0 Å². The summed E-state index contributed by atoms with van der Waals surface area (Å²) in [5.41, 5.74) is 5.85. The minimum atomic E-state index is -0.320. The van der Waals surface area contributed by atoms with Crippen LogP contribution < -0.4 is 5.73 Å². The van der Waals surface area contributed by atoms with Gasteiger partial charge in [-0.15, -0.1) is 0 Å². The summed E-state index contributed by atoms with van der Waals surface area (Å²) in [7, 11) is 0. The summed E-state index contributed by atoms with van der Waals surface area (Å²) in [6, 6.07) is -0.320. The Labute approximate surface area is 94.1 Å². The third kappa shape index (κ3) is 2.58. The Bertz CT molecular complexity index is 323. The highest BCUT2D eigenvalue weighted by Crippen LogP contribution is 2.24. The number of rotatable bonds is 5. The number of hydrogen-bond acceptors (Lipinski definition) is 6. The standard InChI is InChI=1S/C10H17N3O3/c1-2-14-6-8(11)9-12-10(16-13-9)7-3-4-15-5-7/h7-8H,2-6,11H2,1H3. The van der Waals surface area contributed by atoms with Crippen LogP contribution in [-0.4, -0.2) is 36.6 Å². The van der Waals surface area contributed by atoms with E-state index in [4.69, 9.17) is 19.7 Å². The molecule has 2 heterocycles. The molecule has 0 saturated carbocycles. The average Bonchev–Trinajstić information content (AvgIpc) is 2.94. The molecule has 2 N–H and O–H groups in total. The second kappa shape index (κ2) is 5.38. The lowest BCUT2D eigenvalue weighted by molar-refractivity contribution is 0.130. The zero-order valence-electron chi connectivity index (χ0n) is 9.39. The molecule has 1 fully saturated rings. The van der Waals surface area contributed by atoms with E-state index in [2.05, 4.69) is 10.1 Å². The number of ether oxygens (including phenoxy) is 2. The number of nitrogens with two attached hydrogens (primary N) is 1. The van der Waals surface area contributed by atoms with E-state index in [9.17, 15) is 0 Å². The summed E-state index contributed by atoms with van der Waals surface area (Å²) in [4.78, 5) is 4.28. The monoisotopic (exact) mass is 227 g/mol. The van der Waals surface area contributed by atoms with Crippen LogP contribution in [0.3, 0.4) is 0 Å². The molecule has 6 heteroatoms. The van der Waals surface area contributed by atoms with Gasteiger partial charge in [-0.25, -0.2) is 0 Å². The van der Waals surface area contributed by atoms with E-state index in [-0.39, 0.29) is 12.0 Å². The van der Waals surface area contributed by atoms with E-state index >= 15 is 0 Å². The fourth-order valence-electron chi connectivity index (χ4n) is 1.61. The molecule has 0 bridgehead atoms. The molecule has 2 atom stereocenters. The van der Waals surface area contributed by atoms with Gasteiger partial charge in [-0.2, -0.15) is 4.98 Å². The van der Waals surface area contributed by atoms with E-state index in [0.717, 1.165) is 13.0 Å². The largest absolute Gasteiger partial charge is 0.381 e. The predicted molar refractivity (Wildman–Crippen MR) is 55.9 cm³/mol. The number of nitrogens with zero attached hydrogens (tertiary/aromatic N) is 2. The maximum Gasteiger partial charge on any atom is 0.232 e. The van der Waals surface area contributed by atoms with Gasteiger partial charge >= 0.3 is 0 Å². The highest BCUT2D eigenvalue weighted by atomic mass is 16.5. The van der Waals surface area contributed by atoms with Crippen molar-refractivity contribution in [2.45, 2.75) is 25.3 Å². The first-order valence-corrected chi connectivity index (χ1v) is 5.55. The van der Waals surface area contributed by atoms with Gasteiger partial charge in [0.15, 0.2) is 5.82 Å². The maximum absolute atomic E-state index is 5.85. The minimum absolute atomic E-state index is 0.223. The summed E-state index contributed by atoms with van der Waals surface area (Å²) in [5.74, 6) is 1.36. The van der Waals surface area contributed by atoms with Crippen LogP contribution in [0.25, 0.3) is 0 Å². The molecule has 2 unspecified atom stereocenters. The van der Waals surface area contributed by atoms with Crippen molar-refractivity contribution in [1.82, 2.24) is 10.1 Å². The molecule has 0 aliphatic carbocycles. The van der Waals surface area contributed by atoms with E-state index in [1.54, 1.807) is 0 Å². The molecular formula is C10H17N3O3. The highest BCUT2D eigenvalue weighted by molar-refractivity contribution is 4.99. The molecule has 0 aromatic carbocycles. The Morgan fingerprint density at radius 2 is 2.50 bits per heavy atom. The van der Waals surface area contributed by atoms with Crippen molar-refractivity contribution >= 4 is 0 Å². The van der Waals surface area contributed by atoms with Crippen LogP contribution in [0.1, 0.15) is 37.0 Å². The van der Waals surface area contributed by atoms with Crippen LogP contribution in [0.5, 0.6) is 0 Å². The van der Waals surface area contributed by atoms with Gasteiger partial charge in [0.05, 0.1) is 25.2 Å². The van der Waals surface area contributed by atoms with Gasteiger partial charge in [-0.3, -0.25) is 0 Å². The van der Waals surface area contributed by atoms with E-state index in [1.165, 1.54) is 0 Å². The molecule has 1 saturated heterocycles. The molecule has 0 radical (unpaired) electrons. The van der Waals surface area contributed by atoms with Gasteiger partial charge in [0.2, 0.25) is 5.89 Å². The molecule has 90 valence electrons. The second-order valence-electron chi connectivity index (χ2n) is 3.82. The lowest BCUT2D eigenvalue weighted by atomic mass is 10.1. The lowest BCUT2D eigenvalue weighted by Gasteiger charge is -2.05. The van der Waals surface area contributed by atoms with Crippen LogP contribution >= 0.6 is 0 Å². The second-order valence-corrected chi connectivity index (χ2v) is 3.82. The van der Waals surface area contributed by atoms with Gasteiger partial charge in [-0.05, 0) is 13.3 Å². The van der Waals surface area contributed by atoms with Crippen LogP contribution in [0, 0.1) is 0 Å². The van der Waals surface area contributed by atoms with Gasteiger partial charge in [-0.1, -0.05) is 5.16 Å². The van der Waals surface area contributed by atoms with Gasteiger partial charge in [0, 0.05) is 13.2 Å². The third-order valence-corrected chi connectivity index (χ3v) is 2.57. The van der Waals surface area contributed by atoms with Gasteiger partial charge in [0.25, 0.3) is 0 Å². The first-order valence-electron chi connectivity index (χ1n) is 5.55.